The summed E-state index contributed by atoms with van der Waals surface area (Å²) < 4.78 is 69.5. The van der Waals surface area contributed by atoms with Gasteiger partial charge in [-0.05, 0) is 24.3 Å². The summed E-state index contributed by atoms with van der Waals surface area (Å²) in [5.41, 5.74) is -1.30. The number of alkyl halides is 3. The Bertz CT molecular complexity index is 802. The van der Waals surface area contributed by atoms with Crippen LogP contribution in [0.15, 0.2) is 52.0 Å². The molecular weight excluding hydrogens is 349 g/mol. The molecule has 130 valence electrons. The Hall–Kier alpha value is -2.33. The maximum absolute atomic E-state index is 12.9. The topological polar surface area (TPSA) is 88.4 Å². The van der Waals surface area contributed by atoms with Crippen LogP contribution in [0.1, 0.15) is 11.3 Å². The van der Waals surface area contributed by atoms with E-state index in [-0.39, 0.29) is 6.54 Å². The van der Waals surface area contributed by atoms with Gasteiger partial charge >= 0.3 is 6.18 Å². The fourth-order valence-corrected chi connectivity index (χ4v) is 3.04. The minimum Gasteiger partial charge on any atom is -0.467 e. The first kappa shape index (κ1) is 18.0. The van der Waals surface area contributed by atoms with E-state index >= 15 is 0 Å². The van der Waals surface area contributed by atoms with Crippen molar-refractivity contribution < 1.29 is 30.8 Å². The quantitative estimate of drug-likeness (QED) is 0.821. The minimum absolute atomic E-state index is 0.0344. The normalized spacial score (nSPS) is 12.1. The van der Waals surface area contributed by atoms with Gasteiger partial charge in [-0.3, -0.25) is 4.79 Å². The van der Waals surface area contributed by atoms with Gasteiger partial charge in [-0.2, -0.15) is 13.2 Å². The molecule has 0 atom stereocenters. The molecule has 0 fully saturated rings. The number of hydrogen-bond donors (Lipinski definition) is 2. The zero-order valence-electron chi connectivity index (χ0n) is 12.1. The van der Waals surface area contributed by atoms with Crippen molar-refractivity contribution in [2.75, 3.05) is 6.54 Å². The molecule has 2 N–H and O–H groups in total. The monoisotopic (exact) mass is 362 g/mol. The van der Waals surface area contributed by atoms with Gasteiger partial charge < -0.3 is 9.73 Å². The van der Waals surface area contributed by atoms with Crippen LogP contribution in [-0.2, 0) is 27.5 Å². The fourth-order valence-electron chi connectivity index (χ4n) is 1.83. The zero-order chi connectivity index (χ0) is 17.8. The first-order chi connectivity index (χ1) is 11.2. The van der Waals surface area contributed by atoms with Gasteiger partial charge in [0, 0.05) is 0 Å². The standard InChI is InChI=1S/C14H13F3N2O4S/c15-14(16,17)11-5-1-2-6-12(11)24(21,22)19-9-13(20)18-8-10-4-3-7-23-10/h1-7,19H,8-9H2,(H,18,20). The third-order valence-corrected chi connectivity index (χ3v) is 4.40. The molecule has 6 nitrogen and oxygen atoms in total. The van der Waals surface area contributed by atoms with Crippen molar-refractivity contribution in [1.82, 2.24) is 10.0 Å². The molecule has 1 heterocycles. The van der Waals surface area contributed by atoms with Crippen LogP contribution < -0.4 is 10.0 Å². The summed E-state index contributed by atoms with van der Waals surface area (Å²) in [6.45, 7) is -0.665. The molecule has 1 aromatic carbocycles. The molecule has 0 spiro atoms. The summed E-state index contributed by atoms with van der Waals surface area (Å²) in [6, 6.07) is 6.94. The van der Waals surface area contributed by atoms with Crippen LogP contribution in [-0.4, -0.2) is 20.9 Å². The Morgan fingerprint density at radius 2 is 1.83 bits per heavy atom. The number of rotatable bonds is 6. The number of nitrogens with one attached hydrogen (secondary N) is 2. The highest BCUT2D eigenvalue weighted by atomic mass is 32.2. The van der Waals surface area contributed by atoms with E-state index in [2.05, 4.69) is 5.32 Å². The van der Waals surface area contributed by atoms with Crippen LogP contribution in [0.2, 0.25) is 0 Å². The zero-order valence-corrected chi connectivity index (χ0v) is 12.9. The number of benzene rings is 1. The summed E-state index contributed by atoms with van der Waals surface area (Å²) in [7, 11) is -4.50. The van der Waals surface area contributed by atoms with E-state index in [1.54, 1.807) is 12.1 Å². The molecule has 0 saturated carbocycles. The average Bonchev–Trinajstić information content (AvgIpc) is 3.04. The molecular formula is C14H13F3N2O4S. The third kappa shape index (κ3) is 4.59. The molecule has 0 aliphatic carbocycles. The summed E-state index contributed by atoms with van der Waals surface area (Å²) in [5, 5.41) is 2.37. The highest BCUT2D eigenvalue weighted by Gasteiger charge is 2.36. The van der Waals surface area contributed by atoms with Crippen LogP contribution in [0, 0.1) is 0 Å². The fraction of sp³-hybridized carbons (Fsp3) is 0.214. The number of furan rings is 1. The minimum atomic E-state index is -4.83. The van der Waals surface area contributed by atoms with E-state index in [4.69, 9.17) is 4.42 Å². The number of carbonyl (C=O) groups is 1. The van der Waals surface area contributed by atoms with Gasteiger partial charge in [0.05, 0.1) is 29.8 Å². The van der Waals surface area contributed by atoms with Crippen LogP contribution in [0.25, 0.3) is 0 Å². The molecule has 0 radical (unpaired) electrons. The lowest BCUT2D eigenvalue weighted by atomic mass is 10.2. The maximum Gasteiger partial charge on any atom is 0.417 e. The predicted molar refractivity (Wildman–Crippen MR) is 77.2 cm³/mol. The van der Waals surface area contributed by atoms with Gasteiger partial charge in [-0.15, -0.1) is 0 Å². The predicted octanol–water partition coefficient (Wildman–Crippen LogP) is 1.89. The lowest BCUT2D eigenvalue weighted by Gasteiger charge is -2.13. The molecule has 24 heavy (non-hydrogen) atoms. The molecule has 10 heteroatoms. The van der Waals surface area contributed by atoms with Crippen LogP contribution in [0.4, 0.5) is 13.2 Å². The lowest BCUT2D eigenvalue weighted by Crippen LogP contribution is -2.37. The van der Waals surface area contributed by atoms with E-state index in [1.807, 2.05) is 4.72 Å². The molecule has 0 aliphatic heterocycles. The van der Waals surface area contributed by atoms with Crippen molar-refractivity contribution in [1.29, 1.82) is 0 Å². The van der Waals surface area contributed by atoms with E-state index in [1.165, 1.54) is 12.3 Å². The van der Waals surface area contributed by atoms with Crippen molar-refractivity contribution in [3.8, 4) is 0 Å². The van der Waals surface area contributed by atoms with E-state index < -0.39 is 39.1 Å². The van der Waals surface area contributed by atoms with E-state index in [9.17, 15) is 26.4 Å². The summed E-state index contributed by atoms with van der Waals surface area (Å²) in [6.07, 6.45) is -3.43. The van der Waals surface area contributed by atoms with Gasteiger partial charge in [0.15, 0.2) is 0 Å². The first-order valence-electron chi connectivity index (χ1n) is 6.65. The van der Waals surface area contributed by atoms with Gasteiger partial charge in [0.1, 0.15) is 5.76 Å². The largest absolute Gasteiger partial charge is 0.467 e. The van der Waals surface area contributed by atoms with Crippen molar-refractivity contribution in [3.05, 3.63) is 54.0 Å². The SMILES string of the molecule is O=C(CNS(=O)(=O)c1ccccc1C(F)(F)F)NCc1ccco1. The Balaban J connectivity index is 2.03. The number of halogens is 3. The smallest absolute Gasteiger partial charge is 0.417 e. The molecule has 1 aromatic heterocycles. The second-order valence-corrected chi connectivity index (χ2v) is 6.41. The summed E-state index contributed by atoms with van der Waals surface area (Å²) >= 11 is 0. The van der Waals surface area contributed by atoms with Crippen LogP contribution in [0.3, 0.4) is 0 Å². The van der Waals surface area contributed by atoms with Crippen molar-refractivity contribution in [2.45, 2.75) is 17.6 Å². The van der Waals surface area contributed by atoms with Gasteiger partial charge in [-0.25, -0.2) is 13.1 Å². The second kappa shape index (κ2) is 7.05. The van der Waals surface area contributed by atoms with Gasteiger partial charge in [0.2, 0.25) is 15.9 Å². The Labute approximate surface area is 135 Å². The number of carbonyl (C=O) groups excluding carboxylic acids is 1. The molecule has 0 saturated heterocycles. The lowest BCUT2D eigenvalue weighted by molar-refractivity contribution is -0.139. The Morgan fingerprint density at radius 1 is 1.12 bits per heavy atom. The molecule has 0 aliphatic rings. The van der Waals surface area contributed by atoms with Gasteiger partial charge in [0.25, 0.3) is 0 Å². The van der Waals surface area contributed by atoms with E-state index in [0.29, 0.717) is 11.8 Å². The molecule has 2 rings (SSSR count). The highest BCUT2D eigenvalue weighted by molar-refractivity contribution is 7.89. The average molecular weight is 362 g/mol. The van der Waals surface area contributed by atoms with Crippen molar-refractivity contribution >= 4 is 15.9 Å². The third-order valence-electron chi connectivity index (χ3n) is 2.94. The van der Waals surface area contributed by atoms with Crippen LogP contribution >= 0.6 is 0 Å². The first-order valence-corrected chi connectivity index (χ1v) is 8.13. The van der Waals surface area contributed by atoms with Crippen molar-refractivity contribution in [3.63, 3.8) is 0 Å². The number of sulfonamides is 1. The molecule has 0 unspecified atom stereocenters. The second-order valence-electron chi connectivity index (χ2n) is 4.67. The summed E-state index contributed by atoms with van der Waals surface area (Å²) in [5.74, 6) is -0.256. The number of hydrogen-bond acceptors (Lipinski definition) is 4. The maximum atomic E-state index is 12.9. The van der Waals surface area contributed by atoms with Crippen molar-refractivity contribution in [2.24, 2.45) is 0 Å². The Kier molecular flexibility index (Phi) is 5.30. The highest BCUT2D eigenvalue weighted by Crippen LogP contribution is 2.33. The number of amides is 1. The summed E-state index contributed by atoms with van der Waals surface area (Å²) in [4.78, 5) is 10.7. The molecule has 1 amide bonds. The Morgan fingerprint density at radius 3 is 2.46 bits per heavy atom. The molecule has 2 aromatic rings. The van der Waals surface area contributed by atoms with Crippen LogP contribution in [0.5, 0.6) is 0 Å². The van der Waals surface area contributed by atoms with Gasteiger partial charge in [-0.1, -0.05) is 12.1 Å². The van der Waals surface area contributed by atoms with E-state index in [0.717, 1.165) is 12.1 Å². The molecule has 0 bridgehead atoms.